The summed E-state index contributed by atoms with van der Waals surface area (Å²) in [4.78, 5) is 14.1. The molecule has 2 unspecified atom stereocenters. The van der Waals surface area contributed by atoms with E-state index in [-0.39, 0.29) is 5.91 Å². The predicted octanol–water partition coefficient (Wildman–Crippen LogP) is 1.15. The van der Waals surface area contributed by atoms with Crippen LogP contribution in [0.2, 0.25) is 0 Å². The smallest absolute Gasteiger partial charge is 0.236 e. The number of ether oxygens (including phenoxy) is 1. The van der Waals surface area contributed by atoms with Gasteiger partial charge < -0.3 is 15.0 Å². The van der Waals surface area contributed by atoms with Crippen molar-refractivity contribution in [1.29, 1.82) is 0 Å². The second-order valence-corrected chi connectivity index (χ2v) is 5.86. The van der Waals surface area contributed by atoms with E-state index in [0.717, 1.165) is 25.5 Å². The zero-order valence-electron chi connectivity index (χ0n) is 11.2. The highest BCUT2D eigenvalue weighted by atomic mass is 16.5. The normalized spacial score (nSPS) is 31.6. The highest BCUT2D eigenvalue weighted by Crippen LogP contribution is 2.38. The molecule has 3 fully saturated rings. The molecule has 4 heteroatoms. The summed E-state index contributed by atoms with van der Waals surface area (Å²) in [7, 11) is 0. The first kappa shape index (κ1) is 12.4. The number of likely N-dealkylation sites (N-methyl/N-ethyl adjacent to an activating group) is 1. The Morgan fingerprint density at radius 1 is 1.28 bits per heavy atom. The Bertz CT molecular complexity index is 313. The summed E-state index contributed by atoms with van der Waals surface area (Å²) in [5.41, 5.74) is 0. The second kappa shape index (κ2) is 5.17. The molecule has 1 heterocycles. The number of hydrogen-bond donors (Lipinski definition) is 1. The van der Waals surface area contributed by atoms with Crippen molar-refractivity contribution in [3.63, 3.8) is 0 Å². The van der Waals surface area contributed by atoms with E-state index < -0.39 is 0 Å². The van der Waals surface area contributed by atoms with Gasteiger partial charge in [-0.25, -0.2) is 0 Å². The summed E-state index contributed by atoms with van der Waals surface area (Å²) in [5.74, 6) is 1.02. The highest BCUT2D eigenvalue weighted by Gasteiger charge is 2.40. The number of carbonyl (C=O) groups is 1. The molecule has 2 aliphatic carbocycles. The van der Waals surface area contributed by atoms with Crippen molar-refractivity contribution in [2.45, 2.75) is 57.2 Å². The molecule has 2 atom stereocenters. The Labute approximate surface area is 109 Å². The van der Waals surface area contributed by atoms with Crippen LogP contribution in [0, 0.1) is 5.92 Å². The molecule has 3 aliphatic rings. The van der Waals surface area contributed by atoms with Gasteiger partial charge in [0.1, 0.15) is 0 Å². The number of rotatable bonds is 6. The average molecular weight is 252 g/mol. The van der Waals surface area contributed by atoms with Crippen LogP contribution in [-0.4, -0.2) is 48.7 Å². The monoisotopic (exact) mass is 252 g/mol. The van der Waals surface area contributed by atoms with Gasteiger partial charge in [0, 0.05) is 25.2 Å². The number of nitrogens with one attached hydrogen (secondary N) is 1. The van der Waals surface area contributed by atoms with Gasteiger partial charge in [-0.2, -0.15) is 0 Å². The maximum absolute atomic E-state index is 12.1. The highest BCUT2D eigenvalue weighted by molar-refractivity contribution is 5.78. The van der Waals surface area contributed by atoms with Crippen molar-refractivity contribution in [2.75, 3.05) is 19.7 Å². The average Bonchev–Trinajstić information content (AvgIpc) is 3.28. The molecule has 102 valence electrons. The van der Waals surface area contributed by atoms with E-state index in [9.17, 15) is 4.79 Å². The minimum atomic E-state index is 0.265. The molecule has 0 radical (unpaired) electrons. The second-order valence-electron chi connectivity index (χ2n) is 5.86. The van der Waals surface area contributed by atoms with Gasteiger partial charge >= 0.3 is 0 Å². The first-order valence-electron chi connectivity index (χ1n) is 7.44. The van der Waals surface area contributed by atoms with Crippen LogP contribution in [0.3, 0.4) is 0 Å². The van der Waals surface area contributed by atoms with Gasteiger partial charge in [-0.05, 0) is 44.9 Å². The number of nitrogens with zero attached hydrogens (tertiary/aromatic N) is 1. The fourth-order valence-corrected chi connectivity index (χ4v) is 3.06. The molecule has 2 saturated carbocycles. The Morgan fingerprint density at radius 3 is 2.67 bits per heavy atom. The molecule has 4 nitrogen and oxygen atoms in total. The summed E-state index contributed by atoms with van der Waals surface area (Å²) in [6.07, 6.45) is 6.42. The largest absolute Gasteiger partial charge is 0.376 e. The van der Waals surface area contributed by atoms with E-state index in [1.165, 1.54) is 25.7 Å². The van der Waals surface area contributed by atoms with Gasteiger partial charge in [0.25, 0.3) is 0 Å². The maximum atomic E-state index is 12.1. The quantitative estimate of drug-likeness (QED) is 0.771. The molecule has 1 amide bonds. The van der Waals surface area contributed by atoms with Crippen LogP contribution in [0.4, 0.5) is 0 Å². The van der Waals surface area contributed by atoms with Crippen LogP contribution < -0.4 is 5.32 Å². The Balaban J connectivity index is 1.46. The third kappa shape index (κ3) is 2.69. The summed E-state index contributed by atoms with van der Waals surface area (Å²) in [6.45, 7) is 4.26. The van der Waals surface area contributed by atoms with E-state index in [0.29, 0.717) is 24.7 Å². The lowest BCUT2D eigenvalue weighted by Gasteiger charge is -2.23. The molecule has 0 aromatic rings. The fraction of sp³-hybridized carbons (Fsp3) is 0.929. The maximum Gasteiger partial charge on any atom is 0.236 e. The topological polar surface area (TPSA) is 41.6 Å². The van der Waals surface area contributed by atoms with Crippen molar-refractivity contribution < 1.29 is 9.53 Å². The molecule has 0 bridgehead atoms. The summed E-state index contributed by atoms with van der Waals surface area (Å²) < 4.78 is 5.78. The molecular formula is C14H24N2O2. The van der Waals surface area contributed by atoms with Crippen LogP contribution in [0.25, 0.3) is 0 Å². The molecule has 3 rings (SSSR count). The molecular weight excluding hydrogens is 228 g/mol. The predicted molar refractivity (Wildman–Crippen MR) is 69.3 cm³/mol. The summed E-state index contributed by atoms with van der Waals surface area (Å²) in [6, 6.07) is 0.933. The van der Waals surface area contributed by atoms with Crippen LogP contribution in [0.5, 0.6) is 0 Å². The SMILES string of the molecule is CCN(C(=O)CNC1CCOC1C1CC1)C1CC1. The molecule has 1 saturated heterocycles. The van der Waals surface area contributed by atoms with Gasteiger partial charge in [0.05, 0.1) is 12.6 Å². The van der Waals surface area contributed by atoms with Gasteiger partial charge in [-0.15, -0.1) is 0 Å². The minimum Gasteiger partial charge on any atom is -0.376 e. The summed E-state index contributed by atoms with van der Waals surface area (Å²) >= 11 is 0. The van der Waals surface area contributed by atoms with Crippen molar-refractivity contribution in [3.8, 4) is 0 Å². The molecule has 0 aromatic carbocycles. The first-order valence-corrected chi connectivity index (χ1v) is 7.44. The molecule has 0 aromatic heterocycles. The Morgan fingerprint density at radius 2 is 2.06 bits per heavy atom. The van der Waals surface area contributed by atoms with Gasteiger partial charge in [-0.1, -0.05) is 0 Å². The van der Waals surface area contributed by atoms with Gasteiger partial charge in [-0.3, -0.25) is 4.79 Å². The number of carbonyl (C=O) groups excluding carboxylic acids is 1. The van der Waals surface area contributed by atoms with Crippen LogP contribution in [-0.2, 0) is 9.53 Å². The van der Waals surface area contributed by atoms with Crippen molar-refractivity contribution >= 4 is 5.91 Å². The Hall–Kier alpha value is -0.610. The number of amides is 1. The van der Waals surface area contributed by atoms with Crippen LogP contribution >= 0.6 is 0 Å². The first-order chi connectivity index (χ1) is 8.79. The van der Waals surface area contributed by atoms with E-state index >= 15 is 0 Å². The zero-order valence-corrected chi connectivity index (χ0v) is 11.2. The fourth-order valence-electron chi connectivity index (χ4n) is 3.06. The molecule has 18 heavy (non-hydrogen) atoms. The Kier molecular flexibility index (Phi) is 3.57. The zero-order chi connectivity index (χ0) is 12.5. The standard InChI is InChI=1S/C14H24N2O2/c1-2-16(11-5-6-11)13(17)9-15-12-7-8-18-14(12)10-3-4-10/h10-12,14-15H,2-9H2,1H3. The molecule has 1 aliphatic heterocycles. The molecule has 1 N–H and O–H groups in total. The van der Waals surface area contributed by atoms with Gasteiger partial charge in [0.15, 0.2) is 0 Å². The number of hydrogen-bond acceptors (Lipinski definition) is 3. The van der Waals surface area contributed by atoms with Crippen molar-refractivity contribution in [2.24, 2.45) is 5.92 Å². The van der Waals surface area contributed by atoms with E-state index in [4.69, 9.17) is 4.74 Å². The molecule has 0 spiro atoms. The van der Waals surface area contributed by atoms with Gasteiger partial charge in [0.2, 0.25) is 5.91 Å². The van der Waals surface area contributed by atoms with E-state index in [1.54, 1.807) is 0 Å². The summed E-state index contributed by atoms with van der Waals surface area (Å²) in [5, 5.41) is 3.43. The third-order valence-corrected chi connectivity index (χ3v) is 4.39. The van der Waals surface area contributed by atoms with Crippen molar-refractivity contribution in [1.82, 2.24) is 10.2 Å². The third-order valence-electron chi connectivity index (χ3n) is 4.39. The van der Waals surface area contributed by atoms with Crippen LogP contribution in [0.15, 0.2) is 0 Å². The minimum absolute atomic E-state index is 0.265. The van der Waals surface area contributed by atoms with E-state index in [2.05, 4.69) is 12.2 Å². The van der Waals surface area contributed by atoms with Crippen molar-refractivity contribution in [3.05, 3.63) is 0 Å². The lowest BCUT2D eigenvalue weighted by molar-refractivity contribution is -0.130. The van der Waals surface area contributed by atoms with Crippen LogP contribution in [0.1, 0.15) is 39.0 Å². The lowest BCUT2D eigenvalue weighted by atomic mass is 10.1. The lowest BCUT2D eigenvalue weighted by Crippen LogP contribution is -2.45. The van der Waals surface area contributed by atoms with E-state index in [1.807, 2.05) is 4.90 Å².